The summed E-state index contributed by atoms with van der Waals surface area (Å²) < 4.78 is 5.32. The van der Waals surface area contributed by atoms with Crippen LogP contribution in [0.3, 0.4) is 0 Å². The molecule has 41 heavy (non-hydrogen) atoms. The van der Waals surface area contributed by atoms with Crippen molar-refractivity contribution < 1.29 is 14.3 Å². The second-order valence-electron chi connectivity index (χ2n) is 10.8. The lowest BCUT2D eigenvalue weighted by Gasteiger charge is -2.48. The highest BCUT2D eigenvalue weighted by Gasteiger charge is 2.36. The van der Waals surface area contributed by atoms with E-state index >= 15 is 0 Å². The van der Waals surface area contributed by atoms with Gasteiger partial charge in [0.2, 0.25) is 0 Å². The highest BCUT2D eigenvalue weighted by molar-refractivity contribution is 6.32. The number of nitrogens with one attached hydrogen (secondary N) is 1. The van der Waals surface area contributed by atoms with E-state index < -0.39 is 5.91 Å². The Labute approximate surface area is 249 Å². The molecule has 2 aromatic heterocycles. The summed E-state index contributed by atoms with van der Waals surface area (Å²) in [5.41, 5.74) is 12.6. The zero-order valence-corrected chi connectivity index (χ0v) is 24.7. The number of anilines is 3. The molecule has 0 radical (unpaired) electrons. The highest BCUT2D eigenvalue weighted by Crippen LogP contribution is 2.30. The lowest BCUT2D eigenvalue weighted by atomic mass is 9.97. The third-order valence-corrected chi connectivity index (χ3v) is 8.60. The number of piperazine rings is 1. The van der Waals surface area contributed by atoms with Gasteiger partial charge >= 0.3 is 0 Å². The number of aromatic nitrogens is 3. The van der Waals surface area contributed by atoms with E-state index in [-0.39, 0.29) is 45.6 Å². The minimum atomic E-state index is -0.396. The third-order valence-electron chi connectivity index (χ3n) is 8.13. The van der Waals surface area contributed by atoms with Gasteiger partial charge in [-0.3, -0.25) is 14.5 Å². The lowest BCUT2D eigenvalue weighted by Crippen LogP contribution is -2.59. The molecule has 12 nitrogen and oxygen atoms in total. The SMILES string of the molecule is CCC[C@H]1CN(c2nc(N)c(C(=O)NC3CCOC3)nc2Cl)CCN1C1CCN(C(=O)c2ccc(Cl)nc2N)CC1. The number of carbonyl (C=O) groups is 2. The molecule has 222 valence electrons. The Morgan fingerprint density at radius 3 is 2.51 bits per heavy atom. The summed E-state index contributed by atoms with van der Waals surface area (Å²) in [7, 11) is 0. The molecule has 0 aromatic carbocycles. The molecule has 1 unspecified atom stereocenters. The molecule has 5 rings (SSSR count). The van der Waals surface area contributed by atoms with E-state index in [9.17, 15) is 9.59 Å². The molecule has 0 aliphatic carbocycles. The number of piperidine rings is 1. The van der Waals surface area contributed by atoms with Crippen molar-refractivity contribution in [1.29, 1.82) is 0 Å². The van der Waals surface area contributed by atoms with Crippen LogP contribution in [-0.2, 0) is 4.74 Å². The van der Waals surface area contributed by atoms with Gasteiger partial charge in [-0.25, -0.2) is 15.0 Å². The van der Waals surface area contributed by atoms with Crippen LogP contribution in [0, 0.1) is 0 Å². The third kappa shape index (κ3) is 6.61. The number of pyridine rings is 1. The molecule has 3 saturated heterocycles. The highest BCUT2D eigenvalue weighted by atomic mass is 35.5. The number of rotatable bonds is 7. The van der Waals surface area contributed by atoms with E-state index in [2.05, 4.69) is 37.0 Å². The van der Waals surface area contributed by atoms with Crippen molar-refractivity contribution in [3.63, 3.8) is 0 Å². The predicted molar refractivity (Wildman–Crippen MR) is 158 cm³/mol. The molecule has 0 bridgehead atoms. The number of nitrogen functional groups attached to an aromatic ring is 2. The van der Waals surface area contributed by atoms with Crippen molar-refractivity contribution in [2.75, 3.05) is 62.3 Å². The quantitative estimate of drug-likeness (QED) is 0.400. The van der Waals surface area contributed by atoms with Crippen LogP contribution in [0.4, 0.5) is 17.5 Å². The van der Waals surface area contributed by atoms with Gasteiger partial charge in [0.15, 0.2) is 22.5 Å². The van der Waals surface area contributed by atoms with Crippen LogP contribution in [0.1, 0.15) is 59.9 Å². The monoisotopic (exact) mass is 605 g/mol. The zero-order valence-electron chi connectivity index (χ0n) is 23.2. The second kappa shape index (κ2) is 12.9. The van der Waals surface area contributed by atoms with E-state index in [1.54, 1.807) is 12.1 Å². The van der Waals surface area contributed by atoms with Crippen molar-refractivity contribution >= 4 is 52.5 Å². The standard InChI is InChI=1S/C27H37Cl2N9O3/c1-2-3-18-14-37(25-22(29)34-21(24(31)35-25)26(39)32-16-8-13-41-15-16)11-12-38(18)17-6-9-36(10-7-17)27(40)19-4-5-20(28)33-23(19)30/h4-5,16-18H,2-3,6-15H2,1H3,(H2,30,33)(H2,31,35)(H,32,39)/t16?,18-/m0/s1. The molecule has 2 atom stereocenters. The van der Waals surface area contributed by atoms with Crippen LogP contribution in [0.2, 0.25) is 10.3 Å². The van der Waals surface area contributed by atoms with Gasteiger partial charge < -0.3 is 31.3 Å². The largest absolute Gasteiger partial charge is 0.383 e. The summed E-state index contributed by atoms with van der Waals surface area (Å²) in [6, 6.07) is 3.80. The zero-order chi connectivity index (χ0) is 29.1. The second-order valence-corrected chi connectivity index (χ2v) is 11.6. The van der Waals surface area contributed by atoms with Crippen molar-refractivity contribution in [2.24, 2.45) is 0 Å². The van der Waals surface area contributed by atoms with Gasteiger partial charge in [-0.05, 0) is 37.8 Å². The molecule has 5 heterocycles. The van der Waals surface area contributed by atoms with Crippen LogP contribution in [0.15, 0.2) is 12.1 Å². The molecule has 5 N–H and O–H groups in total. The van der Waals surface area contributed by atoms with Crippen molar-refractivity contribution in [2.45, 2.75) is 57.2 Å². The number of nitrogens with two attached hydrogens (primary N) is 2. The fraction of sp³-hybridized carbons (Fsp3) is 0.593. The molecule has 3 aliphatic rings. The first-order chi connectivity index (χ1) is 19.7. The van der Waals surface area contributed by atoms with E-state index in [0.717, 1.165) is 45.2 Å². The predicted octanol–water partition coefficient (Wildman–Crippen LogP) is 2.46. The number of amides is 2. The number of hydrogen-bond donors (Lipinski definition) is 3. The van der Waals surface area contributed by atoms with Gasteiger partial charge in [-0.1, -0.05) is 36.5 Å². The van der Waals surface area contributed by atoms with Crippen molar-refractivity contribution in [3.05, 3.63) is 33.7 Å². The number of nitrogens with zero attached hydrogens (tertiary/aromatic N) is 6. The van der Waals surface area contributed by atoms with Gasteiger partial charge in [0.1, 0.15) is 11.0 Å². The first-order valence-corrected chi connectivity index (χ1v) is 14.9. The first kappa shape index (κ1) is 29.6. The Morgan fingerprint density at radius 2 is 1.83 bits per heavy atom. The minimum absolute atomic E-state index is 0.0341. The Hall–Kier alpha value is -2.93. The normalized spacial score (nSPS) is 22.2. The fourth-order valence-electron chi connectivity index (χ4n) is 6.02. The summed E-state index contributed by atoms with van der Waals surface area (Å²) in [5.74, 6) is 0.208. The molecule has 3 fully saturated rings. The van der Waals surface area contributed by atoms with Crippen LogP contribution in [0.5, 0.6) is 0 Å². The fourth-order valence-corrected chi connectivity index (χ4v) is 6.42. The molecular formula is C27H37Cl2N9O3. The first-order valence-electron chi connectivity index (χ1n) is 14.2. The molecule has 0 spiro atoms. The summed E-state index contributed by atoms with van der Waals surface area (Å²) in [4.78, 5) is 45.2. The number of hydrogen-bond acceptors (Lipinski definition) is 10. The van der Waals surface area contributed by atoms with Gasteiger partial charge in [-0.2, -0.15) is 0 Å². The molecule has 2 amide bonds. The molecular weight excluding hydrogens is 569 g/mol. The van der Waals surface area contributed by atoms with E-state index in [4.69, 9.17) is 39.4 Å². The van der Waals surface area contributed by atoms with E-state index in [1.165, 1.54) is 0 Å². The maximum absolute atomic E-state index is 13.1. The molecule has 14 heteroatoms. The number of carbonyl (C=O) groups excluding carboxylic acids is 2. The number of halogens is 2. The minimum Gasteiger partial charge on any atom is -0.383 e. The summed E-state index contributed by atoms with van der Waals surface area (Å²) in [6.45, 7) is 6.80. The van der Waals surface area contributed by atoms with Crippen LogP contribution >= 0.6 is 23.2 Å². The van der Waals surface area contributed by atoms with Gasteiger partial charge in [0, 0.05) is 51.4 Å². The average Bonchev–Trinajstić information content (AvgIpc) is 3.47. The lowest BCUT2D eigenvalue weighted by molar-refractivity contribution is 0.0481. The summed E-state index contributed by atoms with van der Waals surface area (Å²) in [6.07, 6.45) is 4.53. The van der Waals surface area contributed by atoms with Crippen molar-refractivity contribution in [3.8, 4) is 0 Å². The summed E-state index contributed by atoms with van der Waals surface area (Å²) in [5, 5.41) is 3.32. The Bertz CT molecular complexity index is 1270. The maximum Gasteiger partial charge on any atom is 0.274 e. The molecule has 3 aliphatic heterocycles. The van der Waals surface area contributed by atoms with Crippen LogP contribution in [0.25, 0.3) is 0 Å². The van der Waals surface area contributed by atoms with E-state index in [1.807, 2.05) is 4.90 Å². The van der Waals surface area contributed by atoms with Gasteiger partial charge in [-0.15, -0.1) is 0 Å². The Morgan fingerprint density at radius 1 is 1.05 bits per heavy atom. The van der Waals surface area contributed by atoms with Crippen LogP contribution in [-0.4, -0.2) is 101 Å². The topological polar surface area (TPSA) is 156 Å². The van der Waals surface area contributed by atoms with Gasteiger partial charge in [0.05, 0.1) is 18.2 Å². The maximum atomic E-state index is 13.1. The average molecular weight is 607 g/mol. The number of likely N-dealkylation sites (tertiary alicyclic amines) is 1. The Balaban J connectivity index is 1.22. The summed E-state index contributed by atoms with van der Waals surface area (Å²) >= 11 is 12.5. The molecule has 0 saturated carbocycles. The molecule has 2 aromatic rings. The van der Waals surface area contributed by atoms with Crippen molar-refractivity contribution in [1.82, 2.24) is 30.1 Å². The smallest absolute Gasteiger partial charge is 0.274 e. The van der Waals surface area contributed by atoms with Gasteiger partial charge in [0.25, 0.3) is 11.8 Å². The Kier molecular flexibility index (Phi) is 9.32. The van der Waals surface area contributed by atoms with Crippen LogP contribution < -0.4 is 21.7 Å². The van der Waals surface area contributed by atoms with E-state index in [0.29, 0.717) is 50.3 Å². The number of ether oxygens (including phenoxy) is 1.